The molecule has 0 aliphatic carbocycles. The number of hydrogen-bond donors (Lipinski definition) is 1. The summed E-state index contributed by atoms with van der Waals surface area (Å²) in [7, 11) is 6.36. The second-order valence-corrected chi connectivity index (χ2v) is 7.80. The lowest BCUT2D eigenvalue weighted by atomic mass is 9.83. The monoisotopic (exact) mass is 456 g/mol. The van der Waals surface area contributed by atoms with Crippen molar-refractivity contribution in [2.75, 3.05) is 46.5 Å². The molecular formula is C25H32N2O6. The maximum absolute atomic E-state index is 13.2. The highest BCUT2D eigenvalue weighted by Crippen LogP contribution is 2.42. The smallest absolute Gasteiger partial charge is 0.227 e. The summed E-state index contributed by atoms with van der Waals surface area (Å²) < 4.78 is 21.2. The summed E-state index contributed by atoms with van der Waals surface area (Å²) in [6, 6.07) is 12.3. The normalized spacial score (nSPS) is 18.1. The summed E-state index contributed by atoms with van der Waals surface area (Å²) in [6.45, 7) is 1.08. The lowest BCUT2D eigenvalue weighted by Gasteiger charge is -2.41. The topological polar surface area (TPSA) is 86.3 Å². The van der Waals surface area contributed by atoms with Crippen LogP contribution in [-0.4, -0.2) is 53.4 Å². The molecule has 1 fully saturated rings. The van der Waals surface area contributed by atoms with Crippen LogP contribution in [-0.2, 0) is 14.3 Å². The molecule has 1 aliphatic rings. The molecule has 0 unspecified atom stereocenters. The maximum Gasteiger partial charge on any atom is 0.227 e. The van der Waals surface area contributed by atoms with E-state index in [4.69, 9.17) is 18.9 Å². The van der Waals surface area contributed by atoms with Crippen LogP contribution >= 0.6 is 0 Å². The first kappa shape index (κ1) is 24.4. The van der Waals surface area contributed by atoms with E-state index < -0.39 is 12.0 Å². The average molecular weight is 457 g/mol. The van der Waals surface area contributed by atoms with Crippen LogP contribution in [0, 0.1) is 5.92 Å². The number of piperidine rings is 1. The Bertz CT molecular complexity index is 946. The van der Waals surface area contributed by atoms with E-state index in [2.05, 4.69) is 5.32 Å². The highest BCUT2D eigenvalue weighted by Gasteiger charge is 2.41. The molecule has 0 saturated carbocycles. The molecule has 1 saturated heterocycles. The van der Waals surface area contributed by atoms with Crippen LogP contribution in [0.1, 0.15) is 30.9 Å². The van der Waals surface area contributed by atoms with Gasteiger partial charge in [-0.1, -0.05) is 6.07 Å². The number of nitrogens with one attached hydrogen (secondary N) is 1. The van der Waals surface area contributed by atoms with E-state index >= 15 is 0 Å². The third-order valence-corrected chi connectivity index (χ3v) is 5.86. The molecule has 3 rings (SSSR count). The fraction of sp³-hybridized carbons (Fsp3) is 0.440. The molecule has 2 amide bonds. The Labute approximate surface area is 194 Å². The van der Waals surface area contributed by atoms with Crippen LogP contribution in [0.15, 0.2) is 42.5 Å². The van der Waals surface area contributed by atoms with Gasteiger partial charge in [-0.05, 0) is 54.8 Å². The highest BCUT2D eigenvalue weighted by atomic mass is 16.5. The van der Waals surface area contributed by atoms with Gasteiger partial charge in [-0.15, -0.1) is 0 Å². The number of nitrogens with zero attached hydrogens (tertiary/aromatic N) is 1. The van der Waals surface area contributed by atoms with E-state index in [0.717, 1.165) is 12.0 Å². The Kier molecular flexibility index (Phi) is 8.54. The van der Waals surface area contributed by atoms with Gasteiger partial charge in [0.25, 0.3) is 0 Å². The fourth-order valence-corrected chi connectivity index (χ4v) is 4.19. The standard InChI is InChI=1S/C25H32N2O6/c1-30-15-5-14-26-25(29)20-11-13-23(28)27(18-7-9-19(31-2)10-8-18)24(20)17-6-12-21(32-3)22(16-17)33-4/h6-10,12,16,20,24H,5,11,13-15H2,1-4H3,(H,26,29)/t20-,24+/m0/s1. The van der Waals surface area contributed by atoms with Crippen molar-refractivity contribution in [3.05, 3.63) is 48.0 Å². The molecule has 2 aromatic rings. The Morgan fingerprint density at radius 3 is 2.36 bits per heavy atom. The summed E-state index contributed by atoms with van der Waals surface area (Å²) in [5.41, 5.74) is 1.51. The Balaban J connectivity index is 2.01. The number of rotatable bonds is 10. The van der Waals surface area contributed by atoms with Gasteiger partial charge in [0, 0.05) is 32.4 Å². The van der Waals surface area contributed by atoms with Gasteiger partial charge in [-0.25, -0.2) is 0 Å². The number of benzene rings is 2. The highest BCUT2D eigenvalue weighted by molar-refractivity contribution is 5.97. The second kappa shape index (κ2) is 11.6. The van der Waals surface area contributed by atoms with Gasteiger partial charge >= 0.3 is 0 Å². The quantitative estimate of drug-likeness (QED) is 0.552. The maximum atomic E-state index is 13.2. The van der Waals surface area contributed by atoms with Gasteiger partial charge in [-0.2, -0.15) is 0 Å². The first-order chi connectivity index (χ1) is 16.0. The van der Waals surface area contributed by atoms with Crippen LogP contribution in [0.5, 0.6) is 17.2 Å². The molecule has 178 valence electrons. The number of carbonyl (C=O) groups is 2. The van der Waals surface area contributed by atoms with Crippen molar-refractivity contribution in [2.24, 2.45) is 5.92 Å². The van der Waals surface area contributed by atoms with E-state index in [1.165, 1.54) is 0 Å². The molecule has 1 N–H and O–H groups in total. The molecule has 8 nitrogen and oxygen atoms in total. The SMILES string of the molecule is COCCCNC(=O)[C@H]1CCC(=O)N(c2ccc(OC)cc2)[C@@H]1c1ccc(OC)c(OC)c1. The number of ether oxygens (including phenoxy) is 4. The van der Waals surface area contributed by atoms with Crippen molar-refractivity contribution in [3.8, 4) is 17.2 Å². The molecule has 8 heteroatoms. The largest absolute Gasteiger partial charge is 0.497 e. The molecule has 0 aromatic heterocycles. The van der Waals surface area contributed by atoms with Gasteiger partial charge < -0.3 is 29.2 Å². The zero-order chi connectivity index (χ0) is 23.8. The van der Waals surface area contributed by atoms with Crippen molar-refractivity contribution in [3.63, 3.8) is 0 Å². The van der Waals surface area contributed by atoms with E-state index in [0.29, 0.717) is 42.5 Å². The van der Waals surface area contributed by atoms with Gasteiger partial charge in [0.1, 0.15) is 5.75 Å². The summed E-state index contributed by atoms with van der Waals surface area (Å²) >= 11 is 0. The molecular weight excluding hydrogens is 424 g/mol. The first-order valence-corrected chi connectivity index (χ1v) is 11.0. The molecule has 2 aromatic carbocycles. The van der Waals surface area contributed by atoms with Crippen LogP contribution in [0.25, 0.3) is 0 Å². The number of methoxy groups -OCH3 is 4. The number of carbonyl (C=O) groups excluding carboxylic acids is 2. The van der Waals surface area contributed by atoms with Gasteiger partial charge in [-0.3, -0.25) is 9.59 Å². The third kappa shape index (κ3) is 5.57. The first-order valence-electron chi connectivity index (χ1n) is 11.0. The summed E-state index contributed by atoms with van der Waals surface area (Å²) in [4.78, 5) is 28.1. The fourth-order valence-electron chi connectivity index (χ4n) is 4.19. The van der Waals surface area contributed by atoms with Crippen molar-refractivity contribution in [1.82, 2.24) is 5.32 Å². The van der Waals surface area contributed by atoms with Crippen molar-refractivity contribution >= 4 is 17.5 Å². The summed E-state index contributed by atoms with van der Waals surface area (Å²) in [6.07, 6.45) is 1.46. The summed E-state index contributed by atoms with van der Waals surface area (Å²) in [5.74, 6) is 1.27. The van der Waals surface area contributed by atoms with Crippen LogP contribution < -0.4 is 24.4 Å². The minimum atomic E-state index is -0.498. The Morgan fingerprint density at radius 1 is 1.00 bits per heavy atom. The molecule has 33 heavy (non-hydrogen) atoms. The molecule has 0 radical (unpaired) electrons. The zero-order valence-corrected chi connectivity index (χ0v) is 19.6. The van der Waals surface area contributed by atoms with Gasteiger partial charge in [0.05, 0.1) is 33.3 Å². The van der Waals surface area contributed by atoms with E-state index in [1.807, 2.05) is 36.4 Å². The predicted molar refractivity (Wildman–Crippen MR) is 125 cm³/mol. The number of hydrogen-bond acceptors (Lipinski definition) is 6. The zero-order valence-electron chi connectivity index (χ0n) is 19.6. The Hall–Kier alpha value is -3.26. The summed E-state index contributed by atoms with van der Waals surface area (Å²) in [5, 5.41) is 3.01. The van der Waals surface area contributed by atoms with E-state index in [1.54, 1.807) is 39.4 Å². The number of amides is 2. The van der Waals surface area contributed by atoms with E-state index in [-0.39, 0.29) is 18.2 Å². The van der Waals surface area contributed by atoms with E-state index in [9.17, 15) is 9.59 Å². The minimum absolute atomic E-state index is 0.0385. The van der Waals surface area contributed by atoms with Crippen molar-refractivity contribution in [1.29, 1.82) is 0 Å². The van der Waals surface area contributed by atoms with Crippen LogP contribution in [0.4, 0.5) is 5.69 Å². The molecule has 1 heterocycles. The van der Waals surface area contributed by atoms with Crippen molar-refractivity contribution in [2.45, 2.75) is 25.3 Å². The van der Waals surface area contributed by atoms with Crippen LogP contribution in [0.3, 0.4) is 0 Å². The molecule has 0 bridgehead atoms. The number of anilines is 1. The molecule has 2 atom stereocenters. The lowest BCUT2D eigenvalue weighted by Crippen LogP contribution is -2.48. The van der Waals surface area contributed by atoms with Crippen molar-refractivity contribution < 1.29 is 28.5 Å². The molecule has 0 spiro atoms. The minimum Gasteiger partial charge on any atom is -0.497 e. The van der Waals surface area contributed by atoms with Gasteiger partial charge in [0.15, 0.2) is 11.5 Å². The second-order valence-electron chi connectivity index (χ2n) is 7.80. The van der Waals surface area contributed by atoms with Crippen LogP contribution in [0.2, 0.25) is 0 Å². The Morgan fingerprint density at radius 2 is 1.73 bits per heavy atom. The third-order valence-electron chi connectivity index (χ3n) is 5.86. The lowest BCUT2D eigenvalue weighted by molar-refractivity contribution is -0.129. The average Bonchev–Trinajstić information content (AvgIpc) is 2.85. The molecule has 1 aliphatic heterocycles. The van der Waals surface area contributed by atoms with Gasteiger partial charge in [0.2, 0.25) is 11.8 Å². The predicted octanol–water partition coefficient (Wildman–Crippen LogP) is 3.35.